The minimum absolute atomic E-state index is 0.0969. The van der Waals surface area contributed by atoms with E-state index in [9.17, 15) is 4.79 Å². The van der Waals surface area contributed by atoms with Crippen LogP contribution in [0.1, 0.15) is 31.5 Å². The molecule has 6 heteroatoms. The average Bonchev–Trinajstić information content (AvgIpc) is 3.24. The summed E-state index contributed by atoms with van der Waals surface area (Å²) in [5.41, 5.74) is 2.08. The zero-order valence-electron chi connectivity index (χ0n) is 15.5. The molecule has 26 heavy (non-hydrogen) atoms. The van der Waals surface area contributed by atoms with Crippen molar-refractivity contribution in [3.05, 3.63) is 30.1 Å². The van der Waals surface area contributed by atoms with Crippen LogP contribution in [-0.4, -0.2) is 58.7 Å². The van der Waals surface area contributed by atoms with Gasteiger partial charge in [0.25, 0.3) is 0 Å². The van der Waals surface area contributed by atoms with E-state index in [0.29, 0.717) is 25.6 Å². The summed E-state index contributed by atoms with van der Waals surface area (Å²) in [5, 5.41) is 3.22. The Morgan fingerprint density at radius 2 is 2.04 bits per heavy atom. The molecule has 2 fully saturated rings. The number of carbonyl (C=O) groups excluding carboxylic acids is 1. The van der Waals surface area contributed by atoms with Crippen molar-refractivity contribution in [3.63, 3.8) is 0 Å². The van der Waals surface area contributed by atoms with Crippen molar-refractivity contribution in [2.24, 2.45) is 0 Å². The number of aromatic nitrogens is 2. The molecular formula is C20H28N4O2. The molecule has 0 saturated carbocycles. The first-order valence-electron chi connectivity index (χ1n) is 9.75. The molecular weight excluding hydrogens is 328 g/mol. The fraction of sp³-hybridized carbons (Fsp3) is 0.600. The topological polar surface area (TPSA) is 59.4 Å². The maximum absolute atomic E-state index is 12.6. The van der Waals surface area contributed by atoms with E-state index in [4.69, 9.17) is 4.74 Å². The predicted molar refractivity (Wildman–Crippen MR) is 101 cm³/mol. The number of piperidine rings is 1. The highest BCUT2D eigenvalue weighted by molar-refractivity contribution is 5.78. The maximum atomic E-state index is 12.6. The van der Waals surface area contributed by atoms with Gasteiger partial charge in [-0.15, -0.1) is 0 Å². The summed E-state index contributed by atoms with van der Waals surface area (Å²) in [6, 6.07) is 8.52. The molecule has 0 unspecified atom stereocenters. The van der Waals surface area contributed by atoms with Crippen molar-refractivity contribution in [1.29, 1.82) is 0 Å². The number of ether oxygens (including phenoxy) is 1. The summed E-state index contributed by atoms with van der Waals surface area (Å²) in [7, 11) is 0. The lowest BCUT2D eigenvalue weighted by Crippen LogP contribution is -2.52. The Kier molecular flexibility index (Phi) is 5.22. The second kappa shape index (κ2) is 7.76. The number of fused-ring (bicyclic) bond motifs is 1. The van der Waals surface area contributed by atoms with E-state index in [1.54, 1.807) is 0 Å². The normalized spacial score (nSPS) is 24.2. The monoisotopic (exact) mass is 356 g/mol. The molecule has 3 heterocycles. The molecule has 2 aliphatic heterocycles. The van der Waals surface area contributed by atoms with Crippen molar-refractivity contribution in [3.8, 4) is 0 Å². The summed E-state index contributed by atoms with van der Waals surface area (Å²) in [5.74, 6) is 1.05. The lowest BCUT2D eigenvalue weighted by atomic mass is 10.0. The number of amides is 1. The van der Waals surface area contributed by atoms with Crippen molar-refractivity contribution < 1.29 is 9.53 Å². The molecule has 0 aliphatic carbocycles. The highest BCUT2D eigenvalue weighted by atomic mass is 16.5. The van der Waals surface area contributed by atoms with Crippen LogP contribution in [0, 0.1) is 6.92 Å². The summed E-state index contributed by atoms with van der Waals surface area (Å²) in [6.45, 7) is 6.26. The number of para-hydroxylation sites is 2. The van der Waals surface area contributed by atoms with Crippen LogP contribution in [0.25, 0.3) is 11.0 Å². The van der Waals surface area contributed by atoms with Crippen molar-refractivity contribution >= 4 is 16.9 Å². The second-order valence-electron chi connectivity index (χ2n) is 7.42. The summed E-state index contributed by atoms with van der Waals surface area (Å²) >= 11 is 0. The van der Waals surface area contributed by atoms with Crippen molar-refractivity contribution in [2.45, 2.75) is 51.2 Å². The van der Waals surface area contributed by atoms with Crippen LogP contribution in [0.2, 0.25) is 0 Å². The van der Waals surface area contributed by atoms with Gasteiger partial charge >= 0.3 is 0 Å². The van der Waals surface area contributed by atoms with Gasteiger partial charge in [0, 0.05) is 13.0 Å². The molecule has 1 aromatic heterocycles. The van der Waals surface area contributed by atoms with Gasteiger partial charge in [0.05, 0.1) is 36.3 Å². The molecule has 140 valence electrons. The molecule has 2 atom stereocenters. The minimum Gasteiger partial charge on any atom is -0.378 e. The number of imidazole rings is 1. The van der Waals surface area contributed by atoms with Gasteiger partial charge in [0.1, 0.15) is 5.82 Å². The highest BCUT2D eigenvalue weighted by Gasteiger charge is 2.34. The molecule has 0 spiro atoms. The Morgan fingerprint density at radius 3 is 2.88 bits per heavy atom. The quantitative estimate of drug-likeness (QED) is 0.891. The number of benzene rings is 1. The van der Waals surface area contributed by atoms with E-state index in [1.165, 1.54) is 19.3 Å². The minimum atomic E-state index is 0.0969. The first-order chi connectivity index (χ1) is 12.7. The Bertz CT molecular complexity index is 766. The van der Waals surface area contributed by atoms with Crippen molar-refractivity contribution in [1.82, 2.24) is 19.8 Å². The molecule has 2 aliphatic rings. The van der Waals surface area contributed by atoms with Crippen LogP contribution >= 0.6 is 0 Å². The SMILES string of the molecule is Cc1nc2ccccc2n1CCC(=O)N[C@@H]1COC[C@H]1N1CCCCC1. The third kappa shape index (κ3) is 3.62. The fourth-order valence-corrected chi connectivity index (χ4v) is 4.26. The number of nitrogens with one attached hydrogen (secondary N) is 1. The fourth-order valence-electron chi connectivity index (χ4n) is 4.26. The van der Waals surface area contributed by atoms with Crippen molar-refractivity contribution in [2.75, 3.05) is 26.3 Å². The number of rotatable bonds is 5. The summed E-state index contributed by atoms with van der Waals surface area (Å²) in [4.78, 5) is 19.6. The molecule has 1 amide bonds. The molecule has 2 aromatic rings. The Balaban J connectivity index is 1.35. The summed E-state index contributed by atoms with van der Waals surface area (Å²) < 4.78 is 7.81. The molecule has 1 N–H and O–H groups in total. The maximum Gasteiger partial charge on any atom is 0.222 e. The van der Waals surface area contributed by atoms with E-state index in [0.717, 1.165) is 36.6 Å². The van der Waals surface area contributed by atoms with Gasteiger partial charge in [-0.05, 0) is 45.0 Å². The van der Waals surface area contributed by atoms with E-state index in [2.05, 4.69) is 25.8 Å². The largest absolute Gasteiger partial charge is 0.378 e. The number of hydrogen-bond donors (Lipinski definition) is 1. The van der Waals surface area contributed by atoms with E-state index in [-0.39, 0.29) is 11.9 Å². The smallest absolute Gasteiger partial charge is 0.222 e. The van der Waals surface area contributed by atoms with Gasteiger partial charge in [0.2, 0.25) is 5.91 Å². The predicted octanol–water partition coefficient (Wildman–Crippen LogP) is 2.10. The average molecular weight is 356 g/mol. The number of carbonyl (C=O) groups is 1. The van der Waals surface area contributed by atoms with Crippen LogP contribution < -0.4 is 5.32 Å². The van der Waals surface area contributed by atoms with Crippen LogP contribution in [0.15, 0.2) is 24.3 Å². The molecule has 2 saturated heterocycles. The molecule has 0 bridgehead atoms. The van der Waals surface area contributed by atoms with Gasteiger partial charge in [-0.1, -0.05) is 18.6 Å². The third-order valence-electron chi connectivity index (χ3n) is 5.66. The number of hydrogen-bond acceptors (Lipinski definition) is 4. The Labute approximate surface area is 154 Å². The van der Waals surface area contributed by atoms with Gasteiger partial charge in [-0.2, -0.15) is 0 Å². The van der Waals surface area contributed by atoms with E-state index in [1.807, 2.05) is 25.1 Å². The molecule has 4 rings (SSSR count). The third-order valence-corrected chi connectivity index (χ3v) is 5.66. The van der Waals surface area contributed by atoms with Gasteiger partial charge < -0.3 is 14.6 Å². The van der Waals surface area contributed by atoms with Crippen LogP contribution in [0.4, 0.5) is 0 Å². The second-order valence-corrected chi connectivity index (χ2v) is 7.42. The lowest BCUT2D eigenvalue weighted by Gasteiger charge is -2.34. The van der Waals surface area contributed by atoms with Gasteiger partial charge in [-0.25, -0.2) is 4.98 Å². The molecule has 6 nitrogen and oxygen atoms in total. The first kappa shape index (κ1) is 17.5. The highest BCUT2D eigenvalue weighted by Crippen LogP contribution is 2.19. The zero-order chi connectivity index (χ0) is 17.9. The Hall–Kier alpha value is -1.92. The Morgan fingerprint density at radius 1 is 1.23 bits per heavy atom. The van der Waals surface area contributed by atoms with E-state index >= 15 is 0 Å². The van der Waals surface area contributed by atoms with Gasteiger partial charge in [0.15, 0.2) is 0 Å². The number of nitrogens with zero attached hydrogens (tertiary/aromatic N) is 3. The standard InChI is InChI=1S/C20H28N4O2/c1-15-21-16-7-3-4-8-18(16)24(15)12-9-20(25)22-17-13-26-14-19(17)23-10-5-2-6-11-23/h3-4,7-8,17,19H,2,5-6,9-14H2,1H3,(H,22,25)/t17-,19-/m1/s1. The first-order valence-corrected chi connectivity index (χ1v) is 9.75. The molecule has 1 aromatic carbocycles. The zero-order valence-corrected chi connectivity index (χ0v) is 15.5. The summed E-state index contributed by atoms with van der Waals surface area (Å²) in [6.07, 6.45) is 4.29. The van der Waals surface area contributed by atoms with Crippen LogP contribution in [0.3, 0.4) is 0 Å². The van der Waals surface area contributed by atoms with Gasteiger partial charge in [-0.3, -0.25) is 9.69 Å². The van der Waals surface area contributed by atoms with Crippen LogP contribution in [-0.2, 0) is 16.1 Å². The number of likely N-dealkylation sites (tertiary alicyclic amines) is 1. The van der Waals surface area contributed by atoms with E-state index < -0.39 is 0 Å². The van der Waals surface area contributed by atoms with Crippen LogP contribution in [0.5, 0.6) is 0 Å². The lowest BCUT2D eigenvalue weighted by molar-refractivity contribution is -0.122. The number of aryl methyl sites for hydroxylation is 2. The molecule has 0 radical (unpaired) electrons.